The number of imide groups is 1. The smallest absolute Gasteiger partial charge is 0.271 e. The fourth-order valence-electron chi connectivity index (χ4n) is 4.29. The van der Waals surface area contributed by atoms with Gasteiger partial charge in [0.2, 0.25) is 17.7 Å². The molecule has 2 aromatic carbocycles. The van der Waals surface area contributed by atoms with Gasteiger partial charge in [-0.05, 0) is 36.1 Å². The maximum absolute atomic E-state index is 12.8. The Kier molecular flexibility index (Phi) is 6.35. The summed E-state index contributed by atoms with van der Waals surface area (Å²) in [5.41, 5.74) is 1.86. The standard InChI is InChI=1S/C25H26N4O4/c1-2-25(15-14-21(30)27-24(25)33)18-8-10-19(11-9-18)26-23(32)20-12-13-22(31)29(28-20)16-17-6-4-3-5-7-17/h3-11H,2,12-16H2,1H3,(H,26,32)(H,27,30,33). The second-order valence-electron chi connectivity index (χ2n) is 8.33. The van der Waals surface area contributed by atoms with Gasteiger partial charge in [-0.25, -0.2) is 5.01 Å². The van der Waals surface area contributed by atoms with E-state index in [-0.39, 0.29) is 36.5 Å². The number of amides is 4. The maximum atomic E-state index is 12.8. The zero-order chi connectivity index (χ0) is 23.4. The number of rotatable bonds is 6. The lowest BCUT2D eigenvalue weighted by Crippen LogP contribution is -2.51. The second-order valence-corrected chi connectivity index (χ2v) is 8.33. The molecule has 4 amide bonds. The molecule has 170 valence electrons. The van der Waals surface area contributed by atoms with Crippen LogP contribution in [0.5, 0.6) is 0 Å². The molecule has 2 aliphatic heterocycles. The number of hydrogen-bond donors (Lipinski definition) is 2. The molecule has 0 bridgehead atoms. The fourth-order valence-corrected chi connectivity index (χ4v) is 4.29. The van der Waals surface area contributed by atoms with Gasteiger partial charge in [-0.3, -0.25) is 24.5 Å². The van der Waals surface area contributed by atoms with Gasteiger partial charge in [0.25, 0.3) is 5.91 Å². The van der Waals surface area contributed by atoms with Gasteiger partial charge < -0.3 is 5.32 Å². The van der Waals surface area contributed by atoms with Crippen molar-refractivity contribution in [3.05, 3.63) is 65.7 Å². The summed E-state index contributed by atoms with van der Waals surface area (Å²) in [5.74, 6) is -1.01. The van der Waals surface area contributed by atoms with Crippen molar-refractivity contribution in [2.24, 2.45) is 5.10 Å². The molecular formula is C25H26N4O4. The van der Waals surface area contributed by atoms with E-state index in [4.69, 9.17) is 0 Å². The molecule has 1 atom stereocenters. The average Bonchev–Trinajstić information content (AvgIpc) is 2.82. The van der Waals surface area contributed by atoms with Crippen LogP contribution in [0.4, 0.5) is 5.69 Å². The molecule has 8 heteroatoms. The second kappa shape index (κ2) is 9.36. The molecule has 1 unspecified atom stereocenters. The van der Waals surface area contributed by atoms with E-state index >= 15 is 0 Å². The van der Waals surface area contributed by atoms with Crippen molar-refractivity contribution in [1.82, 2.24) is 10.3 Å². The summed E-state index contributed by atoms with van der Waals surface area (Å²) in [5, 5.41) is 10.9. The summed E-state index contributed by atoms with van der Waals surface area (Å²) in [4.78, 5) is 49.2. The molecular weight excluding hydrogens is 420 g/mol. The van der Waals surface area contributed by atoms with E-state index < -0.39 is 5.41 Å². The molecule has 0 saturated carbocycles. The van der Waals surface area contributed by atoms with Gasteiger partial charge >= 0.3 is 0 Å². The SMILES string of the molecule is CCC1(c2ccc(NC(=O)C3=NN(Cc4ccccc4)C(=O)CC3)cc2)CCC(=O)NC1=O. The van der Waals surface area contributed by atoms with Gasteiger partial charge in [0.1, 0.15) is 5.71 Å². The maximum Gasteiger partial charge on any atom is 0.271 e. The predicted octanol–water partition coefficient (Wildman–Crippen LogP) is 2.89. The van der Waals surface area contributed by atoms with Crippen LogP contribution >= 0.6 is 0 Å². The highest BCUT2D eigenvalue weighted by Gasteiger charge is 2.42. The number of piperidine rings is 1. The molecule has 1 saturated heterocycles. The summed E-state index contributed by atoms with van der Waals surface area (Å²) in [6, 6.07) is 16.6. The monoisotopic (exact) mass is 446 g/mol. The van der Waals surface area contributed by atoms with Crippen LogP contribution in [0.25, 0.3) is 0 Å². The van der Waals surface area contributed by atoms with Gasteiger partial charge in [-0.1, -0.05) is 49.4 Å². The van der Waals surface area contributed by atoms with E-state index in [9.17, 15) is 19.2 Å². The zero-order valence-corrected chi connectivity index (χ0v) is 18.5. The van der Waals surface area contributed by atoms with Crippen molar-refractivity contribution < 1.29 is 19.2 Å². The number of nitrogens with zero attached hydrogens (tertiary/aromatic N) is 2. The van der Waals surface area contributed by atoms with Crippen molar-refractivity contribution in [3.63, 3.8) is 0 Å². The third-order valence-corrected chi connectivity index (χ3v) is 6.31. The van der Waals surface area contributed by atoms with Crippen LogP contribution in [0.15, 0.2) is 59.7 Å². The van der Waals surface area contributed by atoms with Crippen LogP contribution < -0.4 is 10.6 Å². The summed E-state index contributed by atoms with van der Waals surface area (Å²) in [7, 11) is 0. The quantitative estimate of drug-likeness (QED) is 0.665. The van der Waals surface area contributed by atoms with Crippen LogP contribution in [0.1, 0.15) is 50.2 Å². The molecule has 2 aliphatic rings. The molecule has 8 nitrogen and oxygen atoms in total. The Morgan fingerprint density at radius 1 is 1.03 bits per heavy atom. The van der Waals surface area contributed by atoms with Crippen LogP contribution in [0.2, 0.25) is 0 Å². The molecule has 0 spiro atoms. The van der Waals surface area contributed by atoms with E-state index in [0.29, 0.717) is 37.2 Å². The number of hydrazone groups is 1. The number of carbonyl (C=O) groups excluding carboxylic acids is 4. The van der Waals surface area contributed by atoms with Crippen molar-refractivity contribution in [2.75, 3.05) is 5.32 Å². The summed E-state index contributed by atoms with van der Waals surface area (Å²) >= 11 is 0. The third-order valence-electron chi connectivity index (χ3n) is 6.31. The first-order valence-electron chi connectivity index (χ1n) is 11.1. The van der Waals surface area contributed by atoms with E-state index in [1.165, 1.54) is 5.01 Å². The molecule has 2 aromatic rings. The number of anilines is 1. The Bertz CT molecular complexity index is 1110. The van der Waals surface area contributed by atoms with Crippen molar-refractivity contribution in [3.8, 4) is 0 Å². The van der Waals surface area contributed by atoms with Crippen molar-refractivity contribution >= 4 is 35.0 Å². The lowest BCUT2D eigenvalue weighted by molar-refractivity contribution is -0.138. The largest absolute Gasteiger partial charge is 0.321 e. The summed E-state index contributed by atoms with van der Waals surface area (Å²) in [6.07, 6.45) is 1.84. The number of hydrogen-bond acceptors (Lipinski definition) is 5. The lowest BCUT2D eigenvalue weighted by Gasteiger charge is -2.35. The number of carbonyl (C=O) groups is 4. The molecule has 2 N–H and O–H groups in total. The average molecular weight is 447 g/mol. The summed E-state index contributed by atoms with van der Waals surface area (Å²) in [6.45, 7) is 2.24. The third kappa shape index (κ3) is 4.69. The van der Waals surface area contributed by atoms with Crippen LogP contribution in [0.3, 0.4) is 0 Å². The topological polar surface area (TPSA) is 108 Å². The fraction of sp³-hybridized carbons (Fsp3) is 0.320. The zero-order valence-electron chi connectivity index (χ0n) is 18.5. The minimum absolute atomic E-state index is 0.117. The van der Waals surface area contributed by atoms with Gasteiger partial charge in [0, 0.05) is 24.9 Å². The first-order chi connectivity index (χ1) is 15.9. The highest BCUT2D eigenvalue weighted by Crippen LogP contribution is 2.36. The highest BCUT2D eigenvalue weighted by molar-refractivity contribution is 6.43. The lowest BCUT2D eigenvalue weighted by atomic mass is 9.72. The molecule has 0 aromatic heterocycles. The number of nitrogens with one attached hydrogen (secondary N) is 2. The molecule has 2 heterocycles. The van der Waals surface area contributed by atoms with Gasteiger partial charge in [0.15, 0.2) is 0 Å². The Morgan fingerprint density at radius 2 is 1.76 bits per heavy atom. The minimum atomic E-state index is -0.748. The molecule has 33 heavy (non-hydrogen) atoms. The first-order valence-corrected chi connectivity index (χ1v) is 11.1. The van der Waals surface area contributed by atoms with E-state index in [2.05, 4.69) is 15.7 Å². The Hall–Kier alpha value is -3.81. The Morgan fingerprint density at radius 3 is 2.42 bits per heavy atom. The summed E-state index contributed by atoms with van der Waals surface area (Å²) < 4.78 is 0. The van der Waals surface area contributed by atoms with Gasteiger partial charge in [0.05, 0.1) is 12.0 Å². The minimum Gasteiger partial charge on any atom is -0.321 e. The molecule has 1 fully saturated rings. The normalized spacial score (nSPS) is 20.8. The van der Waals surface area contributed by atoms with Crippen LogP contribution in [-0.2, 0) is 31.1 Å². The Labute approximate surface area is 192 Å². The van der Waals surface area contributed by atoms with Crippen LogP contribution in [0, 0.1) is 0 Å². The van der Waals surface area contributed by atoms with Crippen LogP contribution in [-0.4, -0.2) is 34.3 Å². The van der Waals surface area contributed by atoms with E-state index in [1.54, 1.807) is 12.1 Å². The highest BCUT2D eigenvalue weighted by atomic mass is 16.2. The van der Waals surface area contributed by atoms with Gasteiger partial charge in [-0.15, -0.1) is 0 Å². The van der Waals surface area contributed by atoms with E-state index in [0.717, 1.165) is 11.1 Å². The Balaban J connectivity index is 1.46. The molecule has 4 rings (SSSR count). The van der Waals surface area contributed by atoms with Crippen molar-refractivity contribution in [1.29, 1.82) is 0 Å². The predicted molar refractivity (Wildman–Crippen MR) is 123 cm³/mol. The number of benzene rings is 2. The van der Waals surface area contributed by atoms with Gasteiger partial charge in [-0.2, -0.15) is 5.10 Å². The molecule has 0 radical (unpaired) electrons. The van der Waals surface area contributed by atoms with Crippen molar-refractivity contribution in [2.45, 2.75) is 51.0 Å². The van der Waals surface area contributed by atoms with E-state index in [1.807, 2.05) is 49.4 Å². The first kappa shape index (κ1) is 22.4. The molecule has 0 aliphatic carbocycles.